The van der Waals surface area contributed by atoms with E-state index < -0.39 is 0 Å². The number of ether oxygens (including phenoxy) is 1. The van der Waals surface area contributed by atoms with Crippen LogP contribution in [0.15, 0.2) is 41.5 Å². The summed E-state index contributed by atoms with van der Waals surface area (Å²) in [6.45, 7) is 1.73. The van der Waals surface area contributed by atoms with Crippen LogP contribution in [0.3, 0.4) is 0 Å². The predicted octanol–water partition coefficient (Wildman–Crippen LogP) is 3.23. The first-order valence-electron chi connectivity index (χ1n) is 9.64. The van der Waals surface area contributed by atoms with Crippen LogP contribution >= 0.6 is 23.1 Å². The van der Waals surface area contributed by atoms with Gasteiger partial charge in [-0.15, -0.1) is 11.3 Å². The number of aromatic nitrogens is 3. The third-order valence-corrected chi connectivity index (χ3v) is 6.51. The van der Waals surface area contributed by atoms with Crippen molar-refractivity contribution in [1.29, 1.82) is 0 Å². The molecule has 0 radical (unpaired) electrons. The topological polar surface area (TPSA) is 83.1 Å². The minimum atomic E-state index is -0.136. The summed E-state index contributed by atoms with van der Waals surface area (Å²) in [6.07, 6.45) is 3.77. The Balaban J connectivity index is 1.43. The maximum atomic E-state index is 12.4. The molecule has 0 bridgehead atoms. The highest BCUT2D eigenvalue weighted by atomic mass is 32.2. The van der Waals surface area contributed by atoms with Gasteiger partial charge in [0.25, 0.3) is 5.56 Å². The van der Waals surface area contributed by atoms with E-state index in [0.29, 0.717) is 23.8 Å². The number of pyridine rings is 1. The Labute approximate surface area is 184 Å². The number of aromatic amines is 1. The zero-order valence-electron chi connectivity index (χ0n) is 17.5. The fourth-order valence-electron chi connectivity index (χ4n) is 2.84. The van der Waals surface area contributed by atoms with Gasteiger partial charge in [-0.1, -0.05) is 0 Å². The number of nitrogens with zero attached hydrogens (tertiary/aromatic N) is 3. The van der Waals surface area contributed by atoms with Gasteiger partial charge in [0.05, 0.1) is 7.11 Å². The lowest BCUT2D eigenvalue weighted by Crippen LogP contribution is -2.18. The number of methoxy groups -OCH3 is 1. The SMILES string of the molecule is COc1cc(Cc2cnc(NCCSCc3ccc(CN(C)C)s3)[nH]c2=O)ccn1. The molecular weight excluding hydrogens is 418 g/mol. The van der Waals surface area contributed by atoms with E-state index in [2.05, 4.69) is 51.4 Å². The van der Waals surface area contributed by atoms with E-state index in [-0.39, 0.29) is 5.56 Å². The van der Waals surface area contributed by atoms with E-state index in [4.69, 9.17) is 4.74 Å². The highest BCUT2D eigenvalue weighted by Gasteiger charge is 2.06. The second-order valence-corrected chi connectivity index (χ2v) is 9.41. The number of hydrogen-bond acceptors (Lipinski definition) is 8. The molecule has 0 aromatic carbocycles. The maximum absolute atomic E-state index is 12.4. The zero-order valence-corrected chi connectivity index (χ0v) is 19.1. The predicted molar refractivity (Wildman–Crippen MR) is 125 cm³/mol. The van der Waals surface area contributed by atoms with Gasteiger partial charge in [-0.3, -0.25) is 9.78 Å². The summed E-state index contributed by atoms with van der Waals surface area (Å²) in [7, 11) is 5.74. The summed E-state index contributed by atoms with van der Waals surface area (Å²) >= 11 is 3.73. The summed E-state index contributed by atoms with van der Waals surface area (Å²) in [6, 6.07) is 8.10. The van der Waals surface area contributed by atoms with Crippen molar-refractivity contribution in [2.75, 3.05) is 38.8 Å². The van der Waals surface area contributed by atoms with Crippen LogP contribution < -0.4 is 15.6 Å². The molecule has 0 aliphatic heterocycles. The summed E-state index contributed by atoms with van der Waals surface area (Å²) < 4.78 is 5.12. The van der Waals surface area contributed by atoms with Crippen LogP contribution in [0.25, 0.3) is 0 Å². The highest BCUT2D eigenvalue weighted by Crippen LogP contribution is 2.22. The van der Waals surface area contributed by atoms with Crippen molar-refractivity contribution < 1.29 is 4.74 Å². The molecule has 3 aromatic heterocycles. The molecule has 2 N–H and O–H groups in total. The molecule has 9 heteroatoms. The second kappa shape index (κ2) is 11.1. The first-order chi connectivity index (χ1) is 14.5. The average Bonchev–Trinajstić information content (AvgIpc) is 3.16. The fourth-order valence-corrected chi connectivity index (χ4v) is 4.95. The molecule has 0 saturated heterocycles. The van der Waals surface area contributed by atoms with Crippen LogP contribution in [0.2, 0.25) is 0 Å². The standard InChI is InChI=1S/C21H27N5O2S2/c1-26(2)13-17-4-5-18(30-17)14-29-9-8-23-21-24-12-16(20(27)25-21)10-15-6-7-22-19(11-15)28-3/h4-7,11-12H,8-10,13-14H2,1-3H3,(H2,23,24,25,27). The van der Waals surface area contributed by atoms with E-state index in [1.807, 2.05) is 35.2 Å². The number of H-pyrrole nitrogens is 1. The molecule has 7 nitrogen and oxygen atoms in total. The molecule has 0 saturated carbocycles. The van der Waals surface area contributed by atoms with Gasteiger partial charge in [-0.05, 0) is 37.9 Å². The van der Waals surface area contributed by atoms with Gasteiger partial charge in [-0.2, -0.15) is 11.8 Å². The molecule has 30 heavy (non-hydrogen) atoms. The molecule has 0 spiro atoms. The van der Waals surface area contributed by atoms with Crippen molar-refractivity contribution in [2.45, 2.75) is 18.7 Å². The maximum Gasteiger partial charge on any atom is 0.255 e. The lowest BCUT2D eigenvalue weighted by atomic mass is 10.1. The minimum absolute atomic E-state index is 0.136. The van der Waals surface area contributed by atoms with E-state index in [1.54, 1.807) is 19.5 Å². The number of hydrogen-bond donors (Lipinski definition) is 2. The van der Waals surface area contributed by atoms with Gasteiger partial charge in [-0.25, -0.2) is 9.97 Å². The monoisotopic (exact) mass is 445 g/mol. The van der Waals surface area contributed by atoms with Gasteiger partial charge in [0.15, 0.2) is 0 Å². The molecule has 160 valence electrons. The lowest BCUT2D eigenvalue weighted by Gasteiger charge is -2.07. The van der Waals surface area contributed by atoms with E-state index in [9.17, 15) is 4.79 Å². The van der Waals surface area contributed by atoms with Crippen LogP contribution in [-0.4, -0.2) is 53.4 Å². The third-order valence-electron chi connectivity index (χ3n) is 4.25. The molecule has 0 fully saturated rings. The third kappa shape index (κ3) is 6.86. The Bertz CT molecular complexity index is 1000. The first kappa shape index (κ1) is 22.3. The van der Waals surface area contributed by atoms with Gasteiger partial charge in [0.2, 0.25) is 11.8 Å². The van der Waals surface area contributed by atoms with Crippen LogP contribution in [0.5, 0.6) is 5.88 Å². The average molecular weight is 446 g/mol. The van der Waals surface area contributed by atoms with Gasteiger partial charge in [0.1, 0.15) is 0 Å². The molecule has 3 aromatic rings. The molecule has 3 heterocycles. The second-order valence-electron chi connectivity index (χ2n) is 7.05. The van der Waals surface area contributed by atoms with Crippen LogP contribution in [0.4, 0.5) is 5.95 Å². The summed E-state index contributed by atoms with van der Waals surface area (Å²) in [4.78, 5) is 28.6. The highest BCUT2D eigenvalue weighted by molar-refractivity contribution is 7.98. The number of thioether (sulfide) groups is 1. The van der Waals surface area contributed by atoms with Crippen LogP contribution in [0.1, 0.15) is 20.9 Å². The Kier molecular flexibility index (Phi) is 8.30. The van der Waals surface area contributed by atoms with Gasteiger partial charge >= 0.3 is 0 Å². The van der Waals surface area contributed by atoms with E-state index in [0.717, 1.165) is 30.2 Å². The molecule has 0 aliphatic carbocycles. The molecule has 0 atom stereocenters. The summed E-state index contributed by atoms with van der Waals surface area (Å²) in [5, 5.41) is 3.19. The Hall–Kier alpha value is -2.36. The summed E-state index contributed by atoms with van der Waals surface area (Å²) in [5.74, 6) is 2.96. The van der Waals surface area contributed by atoms with E-state index >= 15 is 0 Å². The van der Waals surface area contributed by atoms with Crippen molar-refractivity contribution in [3.05, 3.63) is 67.9 Å². The first-order valence-corrected chi connectivity index (χ1v) is 11.6. The minimum Gasteiger partial charge on any atom is -0.481 e. The van der Waals surface area contributed by atoms with Crippen molar-refractivity contribution in [1.82, 2.24) is 19.9 Å². The Morgan fingerprint density at radius 3 is 2.83 bits per heavy atom. The van der Waals surface area contributed by atoms with Crippen molar-refractivity contribution in [3.8, 4) is 5.88 Å². The zero-order chi connectivity index (χ0) is 21.3. The number of thiophene rings is 1. The quantitative estimate of drug-likeness (QED) is 0.439. The molecule has 0 unspecified atom stereocenters. The molecule has 0 aliphatic rings. The fraction of sp³-hybridized carbons (Fsp3) is 0.381. The normalized spacial score (nSPS) is 11.1. The molecule has 0 amide bonds. The van der Waals surface area contributed by atoms with Crippen LogP contribution in [0, 0.1) is 0 Å². The van der Waals surface area contributed by atoms with Crippen molar-refractivity contribution >= 4 is 29.0 Å². The number of nitrogens with one attached hydrogen (secondary N) is 2. The van der Waals surface area contributed by atoms with E-state index in [1.165, 1.54) is 9.75 Å². The largest absolute Gasteiger partial charge is 0.481 e. The Morgan fingerprint density at radius 2 is 2.07 bits per heavy atom. The lowest BCUT2D eigenvalue weighted by molar-refractivity contribution is 0.397. The Morgan fingerprint density at radius 1 is 1.23 bits per heavy atom. The van der Waals surface area contributed by atoms with Crippen molar-refractivity contribution in [2.24, 2.45) is 0 Å². The van der Waals surface area contributed by atoms with Crippen molar-refractivity contribution in [3.63, 3.8) is 0 Å². The van der Waals surface area contributed by atoms with Crippen LogP contribution in [-0.2, 0) is 18.7 Å². The van der Waals surface area contributed by atoms with Gasteiger partial charge < -0.3 is 15.0 Å². The molecule has 3 rings (SSSR count). The summed E-state index contributed by atoms with van der Waals surface area (Å²) in [5.41, 5.74) is 1.42. The van der Waals surface area contributed by atoms with Gasteiger partial charge in [0, 0.05) is 64.8 Å². The molecular formula is C21H27N5O2S2. The smallest absolute Gasteiger partial charge is 0.255 e. The number of rotatable bonds is 11. The number of anilines is 1.